The third kappa shape index (κ3) is 2.57. The van der Waals surface area contributed by atoms with Gasteiger partial charge in [0.25, 0.3) is 0 Å². The SMILES string of the molecule is CC1(C(NN)C2CCOC3(CCCC3)C2)CCCC1. The fourth-order valence-corrected chi connectivity index (χ4v) is 5.12. The number of hydrazine groups is 1. The number of nitrogens with one attached hydrogen (secondary N) is 1. The monoisotopic (exact) mass is 266 g/mol. The molecule has 0 bridgehead atoms. The van der Waals surface area contributed by atoms with Gasteiger partial charge in [0.05, 0.1) is 5.60 Å². The molecule has 110 valence electrons. The third-order valence-corrected chi connectivity index (χ3v) is 6.19. The van der Waals surface area contributed by atoms with Crippen LogP contribution in [0.4, 0.5) is 0 Å². The second kappa shape index (κ2) is 5.34. The van der Waals surface area contributed by atoms with Crippen LogP contribution < -0.4 is 11.3 Å². The van der Waals surface area contributed by atoms with Gasteiger partial charge in [0.15, 0.2) is 0 Å². The summed E-state index contributed by atoms with van der Waals surface area (Å²) in [6, 6.07) is 0.483. The zero-order valence-electron chi connectivity index (χ0n) is 12.4. The van der Waals surface area contributed by atoms with E-state index in [2.05, 4.69) is 12.3 Å². The lowest BCUT2D eigenvalue weighted by Crippen LogP contribution is -2.54. The molecule has 3 heteroatoms. The number of hydrogen-bond donors (Lipinski definition) is 2. The summed E-state index contributed by atoms with van der Waals surface area (Å²) >= 11 is 0. The van der Waals surface area contributed by atoms with Crippen molar-refractivity contribution in [3.05, 3.63) is 0 Å². The molecule has 1 spiro atoms. The van der Waals surface area contributed by atoms with Gasteiger partial charge < -0.3 is 4.74 Å². The zero-order chi connectivity index (χ0) is 13.3. The molecular weight excluding hydrogens is 236 g/mol. The van der Waals surface area contributed by atoms with Crippen LogP contribution in [0.2, 0.25) is 0 Å². The van der Waals surface area contributed by atoms with Crippen LogP contribution in [0, 0.1) is 11.3 Å². The second-order valence-electron chi connectivity index (χ2n) is 7.50. The summed E-state index contributed by atoms with van der Waals surface area (Å²) < 4.78 is 6.18. The molecule has 3 aliphatic rings. The molecule has 2 atom stereocenters. The fourth-order valence-electron chi connectivity index (χ4n) is 5.12. The molecule has 3 rings (SSSR count). The van der Waals surface area contributed by atoms with E-state index in [1.807, 2.05) is 0 Å². The summed E-state index contributed by atoms with van der Waals surface area (Å²) in [4.78, 5) is 0. The number of nitrogens with two attached hydrogens (primary N) is 1. The van der Waals surface area contributed by atoms with Crippen LogP contribution in [0.3, 0.4) is 0 Å². The van der Waals surface area contributed by atoms with Gasteiger partial charge in [-0.15, -0.1) is 0 Å². The molecule has 3 nitrogen and oxygen atoms in total. The molecular formula is C16H30N2O. The zero-order valence-corrected chi connectivity index (χ0v) is 12.4. The number of ether oxygens (including phenoxy) is 1. The Morgan fingerprint density at radius 3 is 2.37 bits per heavy atom. The summed E-state index contributed by atoms with van der Waals surface area (Å²) in [6.45, 7) is 3.39. The van der Waals surface area contributed by atoms with E-state index >= 15 is 0 Å². The summed E-state index contributed by atoms with van der Waals surface area (Å²) in [5.74, 6) is 6.67. The maximum absolute atomic E-state index is 6.18. The molecule has 0 radical (unpaired) electrons. The van der Waals surface area contributed by atoms with Gasteiger partial charge >= 0.3 is 0 Å². The van der Waals surface area contributed by atoms with E-state index in [9.17, 15) is 0 Å². The van der Waals surface area contributed by atoms with Gasteiger partial charge in [-0.25, -0.2) is 0 Å². The Balaban J connectivity index is 1.72. The quantitative estimate of drug-likeness (QED) is 0.609. The van der Waals surface area contributed by atoms with Crippen molar-refractivity contribution in [3.63, 3.8) is 0 Å². The predicted octanol–water partition coefficient (Wildman–Crippen LogP) is 3.14. The topological polar surface area (TPSA) is 47.3 Å². The first-order chi connectivity index (χ1) is 9.18. The predicted molar refractivity (Wildman–Crippen MR) is 77.6 cm³/mol. The Hall–Kier alpha value is -0.120. The van der Waals surface area contributed by atoms with Crippen molar-refractivity contribution in [2.75, 3.05) is 6.61 Å². The van der Waals surface area contributed by atoms with Crippen molar-refractivity contribution >= 4 is 0 Å². The molecule has 2 saturated carbocycles. The molecule has 1 aliphatic heterocycles. The third-order valence-electron chi connectivity index (χ3n) is 6.19. The van der Waals surface area contributed by atoms with Gasteiger partial charge in [0, 0.05) is 12.6 Å². The van der Waals surface area contributed by atoms with Crippen molar-refractivity contribution < 1.29 is 4.74 Å². The van der Waals surface area contributed by atoms with Crippen LogP contribution in [0.25, 0.3) is 0 Å². The molecule has 0 aromatic heterocycles. The van der Waals surface area contributed by atoms with E-state index in [-0.39, 0.29) is 5.60 Å². The van der Waals surface area contributed by atoms with E-state index in [1.54, 1.807) is 0 Å². The Labute approximate surface area is 117 Å². The molecule has 19 heavy (non-hydrogen) atoms. The highest BCUT2D eigenvalue weighted by Crippen LogP contribution is 2.48. The minimum Gasteiger partial charge on any atom is -0.375 e. The average Bonchev–Trinajstić information content (AvgIpc) is 3.01. The summed E-state index contributed by atoms with van der Waals surface area (Å²) in [7, 11) is 0. The summed E-state index contributed by atoms with van der Waals surface area (Å²) in [5, 5.41) is 0. The standard InChI is InChI=1S/C16H30N2O/c1-15(7-2-3-8-15)14(18-17)13-6-11-19-16(12-13)9-4-5-10-16/h13-14,18H,2-12,17H2,1H3. The lowest BCUT2D eigenvalue weighted by molar-refractivity contribution is -0.105. The molecule has 2 aliphatic carbocycles. The highest BCUT2D eigenvalue weighted by Gasteiger charge is 2.47. The van der Waals surface area contributed by atoms with Gasteiger partial charge in [-0.1, -0.05) is 32.6 Å². The number of hydrogen-bond acceptors (Lipinski definition) is 3. The van der Waals surface area contributed by atoms with Gasteiger partial charge in [-0.05, 0) is 49.9 Å². The lowest BCUT2D eigenvalue weighted by atomic mass is 9.69. The Kier molecular flexibility index (Phi) is 3.89. The normalized spacial score (nSPS) is 34.7. The summed E-state index contributed by atoms with van der Waals surface area (Å²) in [5.41, 5.74) is 3.83. The maximum Gasteiger partial charge on any atom is 0.0685 e. The first-order valence-electron chi connectivity index (χ1n) is 8.28. The van der Waals surface area contributed by atoms with Crippen molar-refractivity contribution in [1.82, 2.24) is 5.43 Å². The lowest BCUT2D eigenvalue weighted by Gasteiger charge is -2.46. The fraction of sp³-hybridized carbons (Fsp3) is 1.00. The van der Waals surface area contributed by atoms with Crippen LogP contribution >= 0.6 is 0 Å². The van der Waals surface area contributed by atoms with Crippen molar-refractivity contribution in [1.29, 1.82) is 0 Å². The van der Waals surface area contributed by atoms with E-state index in [1.165, 1.54) is 64.2 Å². The second-order valence-corrected chi connectivity index (χ2v) is 7.50. The minimum atomic E-state index is 0.215. The maximum atomic E-state index is 6.18. The highest BCUT2D eigenvalue weighted by molar-refractivity contribution is 4.99. The molecule has 1 heterocycles. The van der Waals surface area contributed by atoms with Crippen LogP contribution in [0.15, 0.2) is 0 Å². The molecule has 2 unspecified atom stereocenters. The minimum absolute atomic E-state index is 0.215. The first-order valence-corrected chi connectivity index (χ1v) is 8.28. The van der Waals surface area contributed by atoms with Crippen LogP contribution in [0.1, 0.15) is 71.1 Å². The van der Waals surface area contributed by atoms with Gasteiger partial charge in [0.1, 0.15) is 0 Å². The number of rotatable bonds is 3. The molecule has 0 amide bonds. The first kappa shape index (κ1) is 13.8. The Bertz CT molecular complexity index is 306. The van der Waals surface area contributed by atoms with Gasteiger partial charge in [0.2, 0.25) is 0 Å². The smallest absolute Gasteiger partial charge is 0.0685 e. The van der Waals surface area contributed by atoms with Crippen LogP contribution in [-0.2, 0) is 4.74 Å². The Morgan fingerprint density at radius 1 is 1.11 bits per heavy atom. The highest BCUT2D eigenvalue weighted by atomic mass is 16.5. The van der Waals surface area contributed by atoms with Crippen molar-refractivity contribution in [2.45, 2.75) is 82.8 Å². The van der Waals surface area contributed by atoms with Crippen LogP contribution in [0.5, 0.6) is 0 Å². The molecule has 3 fully saturated rings. The van der Waals surface area contributed by atoms with E-state index < -0.39 is 0 Å². The Morgan fingerprint density at radius 2 is 1.74 bits per heavy atom. The van der Waals surface area contributed by atoms with Crippen LogP contribution in [-0.4, -0.2) is 18.2 Å². The van der Waals surface area contributed by atoms with Gasteiger partial charge in [-0.3, -0.25) is 11.3 Å². The molecule has 0 aromatic carbocycles. The van der Waals surface area contributed by atoms with E-state index in [0.29, 0.717) is 17.4 Å². The summed E-state index contributed by atoms with van der Waals surface area (Å²) in [6.07, 6.45) is 13.1. The van der Waals surface area contributed by atoms with E-state index in [4.69, 9.17) is 10.6 Å². The van der Waals surface area contributed by atoms with E-state index in [0.717, 1.165) is 6.61 Å². The average molecular weight is 266 g/mol. The van der Waals surface area contributed by atoms with Crippen molar-refractivity contribution in [3.8, 4) is 0 Å². The molecule has 0 aromatic rings. The van der Waals surface area contributed by atoms with Crippen molar-refractivity contribution in [2.24, 2.45) is 17.2 Å². The van der Waals surface area contributed by atoms with Gasteiger partial charge in [-0.2, -0.15) is 0 Å². The molecule has 3 N–H and O–H groups in total. The molecule has 1 saturated heterocycles. The largest absolute Gasteiger partial charge is 0.375 e.